The quantitative estimate of drug-likeness (QED) is 0.784. The fourth-order valence-corrected chi connectivity index (χ4v) is 4.86. The summed E-state index contributed by atoms with van der Waals surface area (Å²) in [6.07, 6.45) is 0.671. The molecule has 23 heavy (non-hydrogen) atoms. The molecule has 0 unspecified atom stereocenters. The molecule has 1 atom stereocenters. The Morgan fingerprint density at radius 3 is 2.65 bits per heavy atom. The molecule has 3 rings (SSSR count). The van der Waals surface area contributed by atoms with E-state index in [4.69, 9.17) is 12.2 Å². The van der Waals surface area contributed by atoms with E-state index in [9.17, 15) is 8.42 Å². The summed E-state index contributed by atoms with van der Waals surface area (Å²) in [5.74, 6) is 1.29. The fourth-order valence-electron chi connectivity index (χ4n) is 2.87. The van der Waals surface area contributed by atoms with Gasteiger partial charge < -0.3 is 4.57 Å². The van der Waals surface area contributed by atoms with Gasteiger partial charge >= 0.3 is 0 Å². The first-order chi connectivity index (χ1) is 10.9. The van der Waals surface area contributed by atoms with Crippen LogP contribution in [-0.2, 0) is 23.6 Å². The maximum Gasteiger partial charge on any atom is 0.199 e. The van der Waals surface area contributed by atoms with E-state index in [0.717, 1.165) is 11.4 Å². The summed E-state index contributed by atoms with van der Waals surface area (Å²) in [5.41, 5.74) is 1.01. The summed E-state index contributed by atoms with van der Waals surface area (Å²) in [4.78, 5) is 2.02. The van der Waals surface area contributed by atoms with Crippen molar-refractivity contribution in [3.05, 3.63) is 35.1 Å². The molecule has 0 aliphatic carbocycles. The van der Waals surface area contributed by atoms with Crippen LogP contribution in [0.25, 0.3) is 11.4 Å². The van der Waals surface area contributed by atoms with Crippen molar-refractivity contribution < 1.29 is 8.42 Å². The van der Waals surface area contributed by atoms with Crippen LogP contribution in [0.1, 0.15) is 6.42 Å². The summed E-state index contributed by atoms with van der Waals surface area (Å²) in [7, 11) is 0.926. The Hall–Kier alpha value is -1.51. The molecule has 1 saturated heterocycles. The fraction of sp³-hybridized carbons (Fsp3) is 0.467. The Bertz CT molecular complexity index is 855. The average molecular weight is 352 g/mol. The lowest BCUT2D eigenvalue weighted by atomic mass is 10.2. The normalized spacial score (nSPS) is 20.2. The maximum absolute atomic E-state index is 11.6. The molecule has 124 valence electrons. The van der Waals surface area contributed by atoms with Gasteiger partial charge in [0.2, 0.25) is 0 Å². The number of aromatic nitrogens is 3. The molecule has 1 aromatic carbocycles. The molecular formula is C15H20N4O2S2. The van der Waals surface area contributed by atoms with E-state index >= 15 is 0 Å². The molecule has 8 heteroatoms. The van der Waals surface area contributed by atoms with E-state index in [1.807, 2.05) is 53.9 Å². The number of rotatable bonds is 4. The maximum atomic E-state index is 11.6. The Labute approximate surface area is 141 Å². The molecule has 0 bridgehead atoms. The highest BCUT2D eigenvalue weighted by Crippen LogP contribution is 2.19. The molecular weight excluding hydrogens is 332 g/mol. The van der Waals surface area contributed by atoms with Crippen molar-refractivity contribution in [1.29, 1.82) is 0 Å². The summed E-state index contributed by atoms with van der Waals surface area (Å²) < 4.78 is 27.5. The van der Waals surface area contributed by atoms with Gasteiger partial charge in [0.15, 0.2) is 20.4 Å². The molecule has 2 heterocycles. The Kier molecular flexibility index (Phi) is 4.39. The smallest absolute Gasteiger partial charge is 0.199 e. The second-order valence-corrected chi connectivity index (χ2v) is 8.58. The first-order valence-corrected chi connectivity index (χ1v) is 9.70. The topological polar surface area (TPSA) is 60.1 Å². The highest BCUT2D eigenvalue weighted by atomic mass is 32.2. The third-order valence-corrected chi connectivity index (χ3v) is 6.50. The van der Waals surface area contributed by atoms with Gasteiger partial charge in [-0.15, -0.1) is 0 Å². The van der Waals surface area contributed by atoms with E-state index in [2.05, 4.69) is 5.10 Å². The van der Waals surface area contributed by atoms with Crippen molar-refractivity contribution in [2.45, 2.75) is 19.1 Å². The molecule has 1 aliphatic rings. The van der Waals surface area contributed by atoms with E-state index in [1.54, 1.807) is 4.68 Å². The minimum Gasteiger partial charge on any atom is -0.303 e. The van der Waals surface area contributed by atoms with Crippen LogP contribution in [0.4, 0.5) is 0 Å². The monoisotopic (exact) mass is 352 g/mol. The molecule has 0 saturated carbocycles. The lowest BCUT2D eigenvalue weighted by Gasteiger charge is -2.22. The molecule has 2 aromatic rings. The summed E-state index contributed by atoms with van der Waals surface area (Å²) in [6, 6.07) is 9.91. The zero-order chi connectivity index (χ0) is 16.6. The molecule has 0 N–H and O–H groups in total. The van der Waals surface area contributed by atoms with Crippen molar-refractivity contribution in [1.82, 2.24) is 19.2 Å². The van der Waals surface area contributed by atoms with Gasteiger partial charge in [0.1, 0.15) is 0 Å². The first-order valence-electron chi connectivity index (χ1n) is 7.47. The molecule has 1 aromatic heterocycles. The third-order valence-electron chi connectivity index (χ3n) is 4.26. The Balaban J connectivity index is 1.83. The minimum atomic E-state index is -2.89. The molecule has 0 radical (unpaired) electrons. The molecule has 6 nitrogen and oxygen atoms in total. The second kappa shape index (κ2) is 6.18. The zero-order valence-corrected chi connectivity index (χ0v) is 14.8. The van der Waals surface area contributed by atoms with Crippen LogP contribution < -0.4 is 0 Å². The van der Waals surface area contributed by atoms with E-state index in [0.29, 0.717) is 17.9 Å². The number of hydrogen-bond donors (Lipinski definition) is 0. The highest BCUT2D eigenvalue weighted by molar-refractivity contribution is 7.91. The van der Waals surface area contributed by atoms with Crippen LogP contribution in [-0.4, -0.2) is 52.3 Å². The molecule has 0 spiro atoms. The lowest BCUT2D eigenvalue weighted by Crippen LogP contribution is -2.34. The number of hydrogen-bond acceptors (Lipinski definition) is 5. The summed E-state index contributed by atoms with van der Waals surface area (Å²) in [6.45, 7) is 0.486. The molecule has 1 aliphatic heterocycles. The first kappa shape index (κ1) is 16.4. The third kappa shape index (κ3) is 3.39. The standard InChI is InChI=1S/C15H20N4O2S2/c1-17(13-8-9-23(20,21)10-13)11-19-15(22)18(2)14(16-19)12-6-4-3-5-7-12/h3-7,13H,8-11H2,1-2H3/t13-/m0/s1. The van der Waals surface area contributed by atoms with Crippen molar-refractivity contribution in [2.75, 3.05) is 18.6 Å². The molecule has 0 amide bonds. The van der Waals surface area contributed by atoms with Crippen molar-refractivity contribution >= 4 is 22.1 Å². The van der Waals surface area contributed by atoms with Gasteiger partial charge in [0.05, 0.1) is 18.2 Å². The van der Waals surface area contributed by atoms with Crippen molar-refractivity contribution in [2.24, 2.45) is 7.05 Å². The number of sulfone groups is 1. The second-order valence-electron chi connectivity index (χ2n) is 5.99. The van der Waals surface area contributed by atoms with E-state index < -0.39 is 9.84 Å². The predicted octanol–water partition coefficient (Wildman–Crippen LogP) is 1.69. The number of benzene rings is 1. The number of nitrogens with zero attached hydrogens (tertiary/aromatic N) is 4. The van der Waals surface area contributed by atoms with Crippen molar-refractivity contribution in [3.8, 4) is 11.4 Å². The predicted molar refractivity (Wildman–Crippen MR) is 92.3 cm³/mol. The van der Waals surface area contributed by atoms with E-state index in [1.165, 1.54) is 0 Å². The summed E-state index contributed by atoms with van der Waals surface area (Å²) in [5, 5.41) is 4.61. The largest absolute Gasteiger partial charge is 0.303 e. The van der Waals surface area contributed by atoms with Gasteiger partial charge in [-0.3, -0.25) is 4.90 Å². The Morgan fingerprint density at radius 2 is 2.04 bits per heavy atom. The molecule has 1 fully saturated rings. The van der Waals surface area contributed by atoms with Gasteiger partial charge in [-0.2, -0.15) is 5.10 Å². The summed E-state index contributed by atoms with van der Waals surface area (Å²) >= 11 is 5.47. The minimum absolute atomic E-state index is 0.0316. The highest BCUT2D eigenvalue weighted by Gasteiger charge is 2.30. The van der Waals surface area contributed by atoms with Gasteiger partial charge in [-0.1, -0.05) is 30.3 Å². The Morgan fingerprint density at radius 1 is 1.35 bits per heavy atom. The van der Waals surface area contributed by atoms with Crippen LogP contribution in [0.2, 0.25) is 0 Å². The van der Waals surface area contributed by atoms with E-state index in [-0.39, 0.29) is 17.5 Å². The van der Waals surface area contributed by atoms with Crippen LogP contribution in [0.3, 0.4) is 0 Å². The van der Waals surface area contributed by atoms with Crippen molar-refractivity contribution in [3.63, 3.8) is 0 Å². The van der Waals surface area contributed by atoms with Gasteiger partial charge in [-0.25, -0.2) is 13.1 Å². The van der Waals surface area contributed by atoms with Gasteiger partial charge in [0, 0.05) is 18.7 Å². The SMILES string of the molecule is CN(Cn1nc(-c2ccccc2)n(C)c1=S)[C@H]1CCS(=O)(=O)C1. The van der Waals surface area contributed by atoms with Crippen LogP contribution >= 0.6 is 12.2 Å². The average Bonchev–Trinajstić information content (AvgIpc) is 3.02. The zero-order valence-electron chi connectivity index (χ0n) is 13.2. The van der Waals surface area contributed by atoms with Gasteiger partial charge in [-0.05, 0) is 25.7 Å². The van der Waals surface area contributed by atoms with Crippen LogP contribution in [0.5, 0.6) is 0 Å². The van der Waals surface area contributed by atoms with Crippen LogP contribution in [0.15, 0.2) is 30.3 Å². The van der Waals surface area contributed by atoms with Crippen LogP contribution in [0, 0.1) is 4.77 Å². The van der Waals surface area contributed by atoms with Gasteiger partial charge in [0.25, 0.3) is 0 Å². The lowest BCUT2D eigenvalue weighted by molar-refractivity contribution is 0.196.